The van der Waals surface area contributed by atoms with Gasteiger partial charge in [-0.15, -0.1) is 0 Å². The Bertz CT molecular complexity index is 907. The van der Waals surface area contributed by atoms with Crippen LogP contribution in [0, 0.1) is 6.92 Å². The van der Waals surface area contributed by atoms with E-state index in [4.69, 9.17) is 4.74 Å². The summed E-state index contributed by atoms with van der Waals surface area (Å²) in [6.45, 7) is 2.68. The molecule has 2 heterocycles. The molecule has 1 saturated heterocycles. The fraction of sp³-hybridized carbons (Fsp3) is 0.200. The highest BCUT2D eigenvalue weighted by atomic mass is 16.5. The van der Waals surface area contributed by atoms with Crippen LogP contribution in [-0.4, -0.2) is 23.5 Å². The van der Waals surface area contributed by atoms with E-state index in [1.54, 1.807) is 4.90 Å². The van der Waals surface area contributed by atoms with Gasteiger partial charge in [-0.05, 0) is 30.7 Å². The highest BCUT2D eigenvalue weighted by Crippen LogP contribution is 2.27. The molecule has 1 unspecified atom stereocenters. The second-order valence-corrected chi connectivity index (χ2v) is 6.01. The van der Waals surface area contributed by atoms with Crippen molar-refractivity contribution in [3.63, 3.8) is 0 Å². The van der Waals surface area contributed by atoms with Gasteiger partial charge in [0.15, 0.2) is 6.10 Å². The van der Waals surface area contributed by atoms with Crippen molar-refractivity contribution in [2.45, 2.75) is 19.4 Å². The van der Waals surface area contributed by atoms with E-state index < -0.39 is 6.10 Å². The number of rotatable bonds is 3. The van der Waals surface area contributed by atoms with Gasteiger partial charge in [0.05, 0.1) is 5.52 Å². The molecule has 1 amide bonds. The lowest BCUT2D eigenvalue weighted by Gasteiger charge is -2.19. The van der Waals surface area contributed by atoms with E-state index in [2.05, 4.69) is 4.98 Å². The van der Waals surface area contributed by atoms with Crippen LogP contribution in [0.3, 0.4) is 0 Å². The molecule has 0 N–H and O–H groups in total. The highest BCUT2D eigenvalue weighted by molar-refractivity contribution is 5.99. The molecular weight excluding hydrogens is 300 g/mol. The average Bonchev–Trinajstić information content (AvgIpc) is 2.96. The summed E-state index contributed by atoms with van der Waals surface area (Å²) in [5.41, 5.74) is 2.92. The van der Waals surface area contributed by atoms with Crippen LogP contribution < -0.4 is 9.64 Å². The first-order valence-corrected chi connectivity index (χ1v) is 8.12. The highest BCUT2D eigenvalue weighted by Gasteiger charge is 2.35. The number of ether oxygens (including phenoxy) is 1. The summed E-state index contributed by atoms with van der Waals surface area (Å²) >= 11 is 0. The molecule has 4 rings (SSSR count). The van der Waals surface area contributed by atoms with Gasteiger partial charge in [0.1, 0.15) is 0 Å². The van der Waals surface area contributed by atoms with Gasteiger partial charge in [0.2, 0.25) is 5.88 Å². The minimum atomic E-state index is -0.474. The number of para-hydroxylation sites is 2. The SMILES string of the molecule is Cc1ccccc1N1CCC(Oc2ccc3ccccc3n2)C1=O. The summed E-state index contributed by atoms with van der Waals surface area (Å²) in [5.74, 6) is 0.498. The minimum absolute atomic E-state index is 0.000686. The number of hydrogen-bond donors (Lipinski definition) is 0. The maximum atomic E-state index is 12.7. The monoisotopic (exact) mass is 318 g/mol. The summed E-state index contributed by atoms with van der Waals surface area (Å²) in [6, 6.07) is 19.6. The van der Waals surface area contributed by atoms with Gasteiger partial charge < -0.3 is 9.64 Å². The van der Waals surface area contributed by atoms with Gasteiger partial charge in [0.25, 0.3) is 5.91 Å². The number of pyridine rings is 1. The molecule has 2 aromatic carbocycles. The number of aromatic nitrogens is 1. The van der Waals surface area contributed by atoms with Crippen molar-refractivity contribution in [1.82, 2.24) is 4.98 Å². The molecule has 1 aliphatic rings. The third-order valence-corrected chi connectivity index (χ3v) is 4.40. The van der Waals surface area contributed by atoms with E-state index in [1.165, 1.54) is 0 Å². The minimum Gasteiger partial charge on any atom is -0.464 e. The Hall–Kier alpha value is -2.88. The van der Waals surface area contributed by atoms with Gasteiger partial charge in [-0.25, -0.2) is 4.98 Å². The second-order valence-electron chi connectivity index (χ2n) is 6.01. The van der Waals surface area contributed by atoms with Crippen molar-refractivity contribution in [2.75, 3.05) is 11.4 Å². The second kappa shape index (κ2) is 5.96. The van der Waals surface area contributed by atoms with E-state index in [0.29, 0.717) is 18.8 Å². The zero-order chi connectivity index (χ0) is 16.5. The van der Waals surface area contributed by atoms with Crippen molar-refractivity contribution in [2.24, 2.45) is 0 Å². The number of aryl methyl sites for hydroxylation is 1. The number of fused-ring (bicyclic) bond motifs is 1. The van der Waals surface area contributed by atoms with E-state index in [0.717, 1.165) is 22.2 Å². The van der Waals surface area contributed by atoms with Crippen molar-refractivity contribution in [3.05, 3.63) is 66.2 Å². The molecular formula is C20H18N2O2. The number of nitrogens with zero attached hydrogens (tertiary/aromatic N) is 2. The van der Waals surface area contributed by atoms with Crippen LogP contribution in [0.1, 0.15) is 12.0 Å². The fourth-order valence-corrected chi connectivity index (χ4v) is 3.13. The molecule has 120 valence electrons. The molecule has 0 spiro atoms. The summed E-state index contributed by atoms with van der Waals surface area (Å²) in [6.07, 6.45) is 0.195. The Balaban J connectivity index is 1.55. The molecule has 1 aromatic heterocycles. The molecule has 0 bridgehead atoms. The van der Waals surface area contributed by atoms with E-state index >= 15 is 0 Å². The average molecular weight is 318 g/mol. The van der Waals surface area contributed by atoms with Crippen LogP contribution in [0.5, 0.6) is 5.88 Å². The smallest absolute Gasteiger partial charge is 0.268 e. The molecule has 3 aromatic rings. The first kappa shape index (κ1) is 14.7. The molecule has 1 fully saturated rings. The Labute approximate surface area is 140 Å². The normalized spacial score (nSPS) is 17.5. The summed E-state index contributed by atoms with van der Waals surface area (Å²) < 4.78 is 5.88. The van der Waals surface area contributed by atoms with Crippen molar-refractivity contribution in [3.8, 4) is 5.88 Å². The number of hydrogen-bond acceptors (Lipinski definition) is 3. The molecule has 0 radical (unpaired) electrons. The zero-order valence-electron chi connectivity index (χ0n) is 13.5. The largest absolute Gasteiger partial charge is 0.464 e. The third-order valence-electron chi connectivity index (χ3n) is 4.40. The Morgan fingerprint density at radius 1 is 1.04 bits per heavy atom. The van der Waals surface area contributed by atoms with E-state index in [-0.39, 0.29) is 5.91 Å². The van der Waals surface area contributed by atoms with Crippen LogP contribution in [0.15, 0.2) is 60.7 Å². The Morgan fingerprint density at radius 3 is 2.71 bits per heavy atom. The molecule has 4 heteroatoms. The van der Waals surface area contributed by atoms with Gasteiger partial charge in [0, 0.05) is 30.1 Å². The summed E-state index contributed by atoms with van der Waals surface area (Å²) in [7, 11) is 0. The first-order valence-electron chi connectivity index (χ1n) is 8.12. The van der Waals surface area contributed by atoms with Crippen molar-refractivity contribution >= 4 is 22.5 Å². The van der Waals surface area contributed by atoms with Crippen LogP contribution in [-0.2, 0) is 4.79 Å². The summed E-state index contributed by atoms with van der Waals surface area (Å²) in [5, 5.41) is 1.06. The molecule has 1 aliphatic heterocycles. The van der Waals surface area contributed by atoms with Gasteiger partial charge in [-0.1, -0.05) is 36.4 Å². The Kier molecular flexibility index (Phi) is 3.65. The van der Waals surface area contributed by atoms with Crippen LogP contribution in [0.25, 0.3) is 10.9 Å². The summed E-state index contributed by atoms with van der Waals surface area (Å²) in [4.78, 5) is 19.0. The third kappa shape index (κ3) is 2.60. The molecule has 0 aliphatic carbocycles. The van der Waals surface area contributed by atoms with Crippen molar-refractivity contribution < 1.29 is 9.53 Å². The lowest BCUT2D eigenvalue weighted by molar-refractivity contribution is -0.123. The number of amides is 1. The van der Waals surface area contributed by atoms with Crippen LogP contribution >= 0.6 is 0 Å². The van der Waals surface area contributed by atoms with Gasteiger partial charge >= 0.3 is 0 Å². The van der Waals surface area contributed by atoms with Crippen LogP contribution in [0.4, 0.5) is 5.69 Å². The zero-order valence-corrected chi connectivity index (χ0v) is 13.5. The maximum absolute atomic E-state index is 12.7. The standard InChI is InChI=1S/C20H18N2O2/c1-14-6-2-5-9-17(14)22-13-12-18(20(22)23)24-19-11-10-15-7-3-4-8-16(15)21-19/h2-11,18H,12-13H2,1H3. The number of anilines is 1. The van der Waals surface area contributed by atoms with E-state index in [9.17, 15) is 4.79 Å². The predicted octanol–water partition coefficient (Wildman–Crippen LogP) is 3.73. The number of benzene rings is 2. The molecule has 4 nitrogen and oxygen atoms in total. The maximum Gasteiger partial charge on any atom is 0.268 e. The fourth-order valence-electron chi connectivity index (χ4n) is 3.13. The number of carbonyl (C=O) groups excluding carboxylic acids is 1. The lowest BCUT2D eigenvalue weighted by Crippen LogP contribution is -2.32. The molecule has 1 atom stereocenters. The van der Waals surface area contributed by atoms with Gasteiger partial charge in [-0.2, -0.15) is 0 Å². The first-order chi connectivity index (χ1) is 11.7. The van der Waals surface area contributed by atoms with E-state index in [1.807, 2.05) is 67.6 Å². The number of carbonyl (C=O) groups is 1. The quantitative estimate of drug-likeness (QED) is 0.739. The predicted molar refractivity (Wildman–Crippen MR) is 94.3 cm³/mol. The molecule has 0 saturated carbocycles. The van der Waals surface area contributed by atoms with Crippen LogP contribution in [0.2, 0.25) is 0 Å². The van der Waals surface area contributed by atoms with Crippen molar-refractivity contribution in [1.29, 1.82) is 0 Å². The van der Waals surface area contributed by atoms with Gasteiger partial charge in [-0.3, -0.25) is 4.79 Å². The molecule has 24 heavy (non-hydrogen) atoms. The Morgan fingerprint density at radius 2 is 1.83 bits per heavy atom. The topological polar surface area (TPSA) is 42.4 Å². The lowest BCUT2D eigenvalue weighted by atomic mass is 10.2.